The Kier molecular flexibility index (Phi) is 4.29. The Bertz CT molecular complexity index is 672. The lowest BCUT2D eigenvalue weighted by atomic mass is 10.3. The largest absolute Gasteiger partial charge is 0.432 e. The first-order chi connectivity index (χ1) is 9.43. The Balaban J connectivity index is 2.50. The molecule has 1 aromatic carbocycles. The Morgan fingerprint density at radius 3 is 2.85 bits per heavy atom. The molecule has 0 amide bonds. The molecule has 0 spiro atoms. The summed E-state index contributed by atoms with van der Waals surface area (Å²) >= 11 is 9.33. The van der Waals surface area contributed by atoms with Crippen LogP contribution in [0.4, 0.5) is 5.69 Å². The first-order valence-corrected chi connectivity index (χ1v) is 6.94. The summed E-state index contributed by atoms with van der Waals surface area (Å²) in [5.74, 6) is 0.390. The first-order valence-electron chi connectivity index (χ1n) is 5.77. The Morgan fingerprint density at radius 1 is 1.55 bits per heavy atom. The summed E-state index contributed by atoms with van der Waals surface area (Å²) < 4.78 is 7.70. The monoisotopic (exact) mass is 359 g/mol. The van der Waals surface area contributed by atoms with Crippen LogP contribution in [0.2, 0.25) is 5.02 Å². The van der Waals surface area contributed by atoms with Crippen molar-refractivity contribution in [3.05, 3.63) is 43.5 Å². The SMILES string of the molecule is CCc1nn(C)c(Oc2cc(Br)ccc2Cl)c1[N+](=O)[O-]. The maximum atomic E-state index is 11.2. The molecule has 0 unspecified atom stereocenters. The van der Waals surface area contributed by atoms with Crippen molar-refractivity contribution in [1.29, 1.82) is 0 Å². The van der Waals surface area contributed by atoms with E-state index in [4.69, 9.17) is 16.3 Å². The van der Waals surface area contributed by atoms with Gasteiger partial charge in [-0.15, -0.1) is 0 Å². The van der Waals surface area contributed by atoms with Crippen LogP contribution in [0.3, 0.4) is 0 Å². The van der Waals surface area contributed by atoms with Crippen LogP contribution in [0.25, 0.3) is 0 Å². The van der Waals surface area contributed by atoms with Gasteiger partial charge >= 0.3 is 5.69 Å². The fourth-order valence-corrected chi connectivity index (χ4v) is 2.24. The summed E-state index contributed by atoms with van der Waals surface area (Å²) in [5, 5.41) is 15.6. The molecule has 0 saturated heterocycles. The van der Waals surface area contributed by atoms with E-state index < -0.39 is 4.92 Å². The first kappa shape index (κ1) is 14.8. The highest BCUT2D eigenvalue weighted by Gasteiger charge is 2.28. The van der Waals surface area contributed by atoms with Gasteiger partial charge in [-0.25, -0.2) is 4.68 Å². The molecule has 0 atom stereocenters. The number of aromatic nitrogens is 2. The van der Waals surface area contributed by atoms with Gasteiger partial charge in [-0.1, -0.05) is 34.5 Å². The molecule has 0 bridgehead atoms. The third kappa shape index (κ3) is 2.78. The molecule has 0 aliphatic carbocycles. The van der Waals surface area contributed by atoms with Crippen molar-refractivity contribution < 1.29 is 9.66 Å². The summed E-state index contributed by atoms with van der Waals surface area (Å²) in [4.78, 5) is 10.7. The van der Waals surface area contributed by atoms with Crippen LogP contribution in [0.1, 0.15) is 12.6 Å². The van der Waals surface area contributed by atoms with E-state index in [2.05, 4.69) is 21.0 Å². The normalized spacial score (nSPS) is 10.6. The minimum atomic E-state index is -0.493. The van der Waals surface area contributed by atoms with Gasteiger partial charge in [0.25, 0.3) is 5.88 Å². The lowest BCUT2D eigenvalue weighted by Crippen LogP contribution is -1.98. The van der Waals surface area contributed by atoms with Crippen LogP contribution < -0.4 is 4.74 Å². The number of aryl methyl sites for hydroxylation is 2. The Hall–Kier alpha value is -1.60. The maximum Gasteiger partial charge on any atom is 0.353 e. The van der Waals surface area contributed by atoms with E-state index in [0.29, 0.717) is 22.9 Å². The highest BCUT2D eigenvalue weighted by Crippen LogP contribution is 2.37. The third-order valence-corrected chi connectivity index (χ3v) is 3.46. The van der Waals surface area contributed by atoms with Crippen LogP contribution in [-0.4, -0.2) is 14.7 Å². The van der Waals surface area contributed by atoms with Crippen molar-refractivity contribution in [3.8, 4) is 11.6 Å². The van der Waals surface area contributed by atoms with Gasteiger partial charge in [0.2, 0.25) is 0 Å². The number of nitrogens with zero attached hydrogens (tertiary/aromatic N) is 3. The van der Waals surface area contributed by atoms with Crippen molar-refractivity contribution in [1.82, 2.24) is 9.78 Å². The summed E-state index contributed by atoms with van der Waals surface area (Å²) in [7, 11) is 1.59. The van der Waals surface area contributed by atoms with E-state index in [0.717, 1.165) is 4.47 Å². The lowest BCUT2D eigenvalue weighted by molar-refractivity contribution is -0.386. The van der Waals surface area contributed by atoms with Crippen molar-refractivity contribution in [2.45, 2.75) is 13.3 Å². The molecular weight excluding hydrogens is 350 g/mol. The molecule has 0 saturated carbocycles. The van der Waals surface area contributed by atoms with Gasteiger partial charge in [0, 0.05) is 11.5 Å². The van der Waals surface area contributed by atoms with Gasteiger partial charge in [0.05, 0.1) is 9.95 Å². The molecule has 106 valence electrons. The van der Waals surface area contributed by atoms with Crippen molar-refractivity contribution in [3.63, 3.8) is 0 Å². The van der Waals surface area contributed by atoms with E-state index in [-0.39, 0.29) is 11.6 Å². The molecule has 1 aromatic heterocycles. The Labute approximate surface area is 128 Å². The minimum Gasteiger partial charge on any atom is -0.432 e. The molecule has 0 fully saturated rings. The third-order valence-electron chi connectivity index (χ3n) is 2.66. The van der Waals surface area contributed by atoms with Gasteiger partial charge < -0.3 is 4.74 Å². The molecule has 1 heterocycles. The molecule has 8 heteroatoms. The predicted octanol–water partition coefficient (Wildman–Crippen LogP) is 4.10. The fourth-order valence-electron chi connectivity index (χ4n) is 1.75. The van der Waals surface area contributed by atoms with Gasteiger partial charge in [-0.05, 0) is 24.6 Å². The van der Waals surface area contributed by atoms with Gasteiger partial charge in [0.1, 0.15) is 11.4 Å². The highest BCUT2D eigenvalue weighted by molar-refractivity contribution is 9.10. The van der Waals surface area contributed by atoms with E-state index in [9.17, 15) is 10.1 Å². The second kappa shape index (κ2) is 5.80. The van der Waals surface area contributed by atoms with Crippen LogP contribution in [0.15, 0.2) is 22.7 Å². The van der Waals surface area contributed by atoms with E-state index in [1.807, 2.05) is 0 Å². The summed E-state index contributed by atoms with van der Waals surface area (Å²) in [6, 6.07) is 5.04. The number of halogens is 2. The topological polar surface area (TPSA) is 70.2 Å². The van der Waals surface area contributed by atoms with Crippen LogP contribution in [0.5, 0.6) is 11.6 Å². The molecule has 6 nitrogen and oxygen atoms in total. The summed E-state index contributed by atoms with van der Waals surface area (Å²) in [6.45, 7) is 1.80. The molecule has 20 heavy (non-hydrogen) atoms. The standard InChI is InChI=1S/C12H11BrClN3O3/c1-3-9-11(17(18)19)12(16(2)15-9)20-10-6-7(13)4-5-8(10)14/h4-6H,3H2,1-2H3. The van der Waals surface area contributed by atoms with Crippen molar-refractivity contribution in [2.75, 3.05) is 0 Å². The summed E-state index contributed by atoms with van der Waals surface area (Å²) in [6.07, 6.45) is 0.444. The second-order valence-electron chi connectivity index (χ2n) is 4.01. The van der Waals surface area contributed by atoms with Crippen molar-refractivity contribution in [2.24, 2.45) is 7.05 Å². The lowest BCUT2D eigenvalue weighted by Gasteiger charge is -2.07. The zero-order chi connectivity index (χ0) is 14.9. The van der Waals surface area contributed by atoms with Gasteiger partial charge in [0.15, 0.2) is 0 Å². The maximum absolute atomic E-state index is 11.2. The molecule has 2 aromatic rings. The van der Waals surface area contributed by atoms with E-state index >= 15 is 0 Å². The smallest absolute Gasteiger partial charge is 0.353 e. The molecule has 0 radical (unpaired) electrons. The Morgan fingerprint density at radius 2 is 2.25 bits per heavy atom. The molecule has 0 N–H and O–H groups in total. The number of hydrogen-bond acceptors (Lipinski definition) is 4. The number of rotatable bonds is 4. The predicted molar refractivity (Wildman–Crippen MR) is 78.5 cm³/mol. The molecule has 2 rings (SSSR count). The van der Waals surface area contributed by atoms with E-state index in [1.165, 1.54) is 4.68 Å². The number of hydrogen-bond donors (Lipinski definition) is 0. The minimum absolute atomic E-state index is 0.0619. The molecule has 0 aliphatic rings. The zero-order valence-electron chi connectivity index (χ0n) is 10.8. The van der Waals surface area contributed by atoms with Gasteiger partial charge in [-0.3, -0.25) is 10.1 Å². The van der Waals surface area contributed by atoms with Gasteiger partial charge in [-0.2, -0.15) is 5.10 Å². The fraction of sp³-hybridized carbons (Fsp3) is 0.250. The average Bonchev–Trinajstić information content (AvgIpc) is 2.70. The number of benzene rings is 1. The van der Waals surface area contributed by atoms with Crippen LogP contribution >= 0.6 is 27.5 Å². The number of nitro groups is 1. The van der Waals surface area contributed by atoms with Crippen molar-refractivity contribution >= 4 is 33.2 Å². The van der Waals surface area contributed by atoms with E-state index in [1.54, 1.807) is 32.2 Å². The second-order valence-corrected chi connectivity index (χ2v) is 5.33. The highest BCUT2D eigenvalue weighted by atomic mass is 79.9. The van der Waals surface area contributed by atoms with Crippen LogP contribution in [0, 0.1) is 10.1 Å². The molecule has 0 aliphatic heterocycles. The molecular formula is C12H11BrClN3O3. The average molecular weight is 361 g/mol. The van der Waals surface area contributed by atoms with Crippen LogP contribution in [-0.2, 0) is 13.5 Å². The summed E-state index contributed by atoms with van der Waals surface area (Å²) in [5.41, 5.74) is 0.240. The number of ether oxygens (including phenoxy) is 1. The zero-order valence-corrected chi connectivity index (χ0v) is 13.1. The quantitative estimate of drug-likeness (QED) is 0.608.